The number of aromatic nitrogens is 1. The van der Waals surface area contributed by atoms with Gasteiger partial charge in [0.25, 0.3) is 16.0 Å². The Morgan fingerprint density at radius 2 is 1.62 bits per heavy atom. The molecule has 1 amide bonds. The lowest BCUT2D eigenvalue weighted by atomic mass is 9.83. The highest BCUT2D eigenvalue weighted by Crippen LogP contribution is 2.35. The number of benzene rings is 4. The number of amides is 1. The normalized spacial score (nSPS) is 12.5. The Bertz CT molecular complexity index is 2020. The van der Waals surface area contributed by atoms with Gasteiger partial charge in [0.1, 0.15) is 0 Å². The Kier molecular flexibility index (Phi) is 10.1. The summed E-state index contributed by atoms with van der Waals surface area (Å²) < 4.78 is 70.9. The number of ether oxygens (including phenoxy) is 1. The number of nitrogens with one attached hydrogen (secondary N) is 1. The average molecular weight is 675 g/mol. The summed E-state index contributed by atoms with van der Waals surface area (Å²) >= 11 is 0. The first-order valence-electron chi connectivity index (χ1n) is 15.3. The molecule has 0 saturated carbocycles. The van der Waals surface area contributed by atoms with Crippen molar-refractivity contribution in [2.75, 3.05) is 19.4 Å². The van der Waals surface area contributed by atoms with Crippen molar-refractivity contribution in [3.8, 4) is 28.2 Å². The van der Waals surface area contributed by atoms with Crippen LogP contribution in [0.15, 0.2) is 95.5 Å². The maximum absolute atomic E-state index is 14.9. The van der Waals surface area contributed by atoms with Crippen LogP contribution in [0.3, 0.4) is 0 Å². The Balaban J connectivity index is 1.43. The Morgan fingerprint density at radius 1 is 0.938 bits per heavy atom. The van der Waals surface area contributed by atoms with Crippen molar-refractivity contribution in [3.05, 3.63) is 131 Å². The molecule has 48 heavy (non-hydrogen) atoms. The summed E-state index contributed by atoms with van der Waals surface area (Å²) in [5, 5.41) is 6.92. The molecule has 1 atom stereocenters. The molecule has 0 saturated heterocycles. The molecule has 0 fully saturated rings. The summed E-state index contributed by atoms with van der Waals surface area (Å²) in [5.74, 6) is -3.06. The van der Waals surface area contributed by atoms with Gasteiger partial charge in [-0.1, -0.05) is 80.5 Å². The van der Waals surface area contributed by atoms with E-state index in [4.69, 9.17) is 13.8 Å². The van der Waals surface area contributed by atoms with Crippen LogP contribution in [0.4, 0.5) is 8.78 Å². The van der Waals surface area contributed by atoms with Crippen molar-refractivity contribution in [3.63, 3.8) is 0 Å². The van der Waals surface area contributed by atoms with Crippen molar-refractivity contribution in [2.45, 2.75) is 38.5 Å². The molecule has 0 spiro atoms. The third-order valence-corrected chi connectivity index (χ3v) is 8.81. The van der Waals surface area contributed by atoms with E-state index >= 15 is 0 Å². The molecule has 0 aliphatic rings. The van der Waals surface area contributed by atoms with Gasteiger partial charge in [-0.15, -0.1) is 0 Å². The summed E-state index contributed by atoms with van der Waals surface area (Å²) in [6.45, 7) is 6.22. The zero-order valence-corrected chi connectivity index (χ0v) is 27.8. The molecule has 5 rings (SSSR count). The van der Waals surface area contributed by atoms with Crippen molar-refractivity contribution in [1.29, 1.82) is 0 Å². The van der Waals surface area contributed by atoms with Crippen LogP contribution in [0.5, 0.6) is 5.75 Å². The van der Waals surface area contributed by atoms with E-state index in [0.29, 0.717) is 34.6 Å². The van der Waals surface area contributed by atoms with Gasteiger partial charge in [-0.2, -0.15) is 12.8 Å². The molecule has 0 bridgehead atoms. The van der Waals surface area contributed by atoms with E-state index in [1.54, 1.807) is 36.4 Å². The van der Waals surface area contributed by atoms with E-state index < -0.39 is 33.4 Å². The van der Waals surface area contributed by atoms with Gasteiger partial charge in [-0.05, 0) is 64.4 Å². The van der Waals surface area contributed by atoms with Gasteiger partial charge in [-0.3, -0.25) is 9.35 Å². The van der Waals surface area contributed by atoms with Crippen molar-refractivity contribution < 1.29 is 35.8 Å². The van der Waals surface area contributed by atoms with Crippen LogP contribution < -0.4 is 10.1 Å². The van der Waals surface area contributed by atoms with Crippen molar-refractivity contribution in [1.82, 2.24) is 10.5 Å². The molecule has 4 aromatic carbocycles. The highest BCUT2D eigenvalue weighted by Gasteiger charge is 2.23. The molecule has 1 aromatic heterocycles. The second kappa shape index (κ2) is 14.1. The fraction of sp³-hybridized carbons (Fsp3) is 0.243. The van der Waals surface area contributed by atoms with E-state index in [1.807, 2.05) is 18.2 Å². The molecule has 0 aliphatic carbocycles. The van der Waals surface area contributed by atoms with Gasteiger partial charge in [0.15, 0.2) is 17.3 Å². The minimum absolute atomic E-state index is 0.0376. The summed E-state index contributed by atoms with van der Waals surface area (Å²) in [6, 6.07) is 26.9. The van der Waals surface area contributed by atoms with E-state index in [9.17, 15) is 22.0 Å². The first kappa shape index (κ1) is 34.5. The quantitative estimate of drug-likeness (QED) is 0.139. The van der Waals surface area contributed by atoms with E-state index in [0.717, 1.165) is 11.1 Å². The molecule has 8 nitrogen and oxygen atoms in total. The van der Waals surface area contributed by atoms with Gasteiger partial charge in [0.2, 0.25) is 5.82 Å². The summed E-state index contributed by atoms with van der Waals surface area (Å²) in [4.78, 5) is 12.5. The monoisotopic (exact) mass is 674 g/mol. The molecular weight excluding hydrogens is 638 g/mol. The first-order chi connectivity index (χ1) is 22.7. The highest BCUT2D eigenvalue weighted by atomic mass is 32.2. The Morgan fingerprint density at radius 3 is 2.27 bits per heavy atom. The number of methoxy groups -OCH3 is 1. The van der Waals surface area contributed by atoms with Crippen molar-refractivity contribution in [2.24, 2.45) is 0 Å². The van der Waals surface area contributed by atoms with E-state index in [-0.39, 0.29) is 29.2 Å². The second-order valence-electron chi connectivity index (χ2n) is 12.5. The number of halogens is 2. The van der Waals surface area contributed by atoms with Crippen LogP contribution in [0.25, 0.3) is 22.5 Å². The predicted molar refractivity (Wildman–Crippen MR) is 180 cm³/mol. The zero-order chi connectivity index (χ0) is 34.6. The molecule has 250 valence electrons. The maximum atomic E-state index is 14.9. The first-order valence-corrected chi connectivity index (χ1v) is 16.9. The smallest absolute Gasteiger partial charge is 0.266 e. The molecular formula is C37H36F2N2O6S. The lowest BCUT2D eigenvalue weighted by molar-refractivity contribution is 0.0956. The Labute approximate surface area is 278 Å². The summed E-state index contributed by atoms with van der Waals surface area (Å²) in [7, 11) is -2.91. The number of hydrogen-bond acceptors (Lipinski definition) is 6. The van der Waals surface area contributed by atoms with Crippen LogP contribution in [-0.2, 0) is 22.0 Å². The number of hydrogen-bond donors (Lipinski definition) is 2. The van der Waals surface area contributed by atoms with Gasteiger partial charge in [0, 0.05) is 35.2 Å². The van der Waals surface area contributed by atoms with E-state index in [2.05, 4.69) is 55.5 Å². The Hall–Kier alpha value is -4.87. The van der Waals surface area contributed by atoms with Crippen LogP contribution in [0.2, 0.25) is 0 Å². The fourth-order valence-corrected chi connectivity index (χ4v) is 5.73. The number of carbonyl (C=O) groups is 1. The highest BCUT2D eigenvalue weighted by molar-refractivity contribution is 7.85. The summed E-state index contributed by atoms with van der Waals surface area (Å²) in [5.41, 5.74) is 5.23. The summed E-state index contributed by atoms with van der Waals surface area (Å²) in [6.07, 6.45) is 0.516. The molecule has 0 aliphatic heterocycles. The molecule has 5 aromatic rings. The molecule has 1 heterocycles. The number of rotatable bonds is 11. The average Bonchev–Trinajstić information content (AvgIpc) is 3.54. The third-order valence-electron chi connectivity index (χ3n) is 8.09. The van der Waals surface area contributed by atoms with Crippen LogP contribution >= 0.6 is 0 Å². The topological polar surface area (TPSA) is 119 Å². The maximum Gasteiger partial charge on any atom is 0.266 e. The molecule has 0 radical (unpaired) electrons. The van der Waals surface area contributed by atoms with Gasteiger partial charge in [0.05, 0.1) is 18.6 Å². The number of nitrogens with zero attached hydrogens (tertiary/aromatic N) is 1. The van der Waals surface area contributed by atoms with Crippen LogP contribution in [0.1, 0.15) is 59.4 Å². The third kappa shape index (κ3) is 8.15. The lowest BCUT2D eigenvalue weighted by Crippen LogP contribution is -2.28. The predicted octanol–water partition coefficient (Wildman–Crippen LogP) is 7.59. The van der Waals surface area contributed by atoms with Crippen molar-refractivity contribution >= 4 is 16.0 Å². The number of carbonyl (C=O) groups excluding carboxylic acids is 1. The largest absolute Gasteiger partial charge is 0.494 e. The zero-order valence-electron chi connectivity index (χ0n) is 27.0. The standard InChI is InChI=1S/C37H36F2N2O6S/c1-37(2,3)28-14-12-24(13-15-28)30(20-23-8-10-25(11-9-23)36(42)40-18-19-48(43,44)45)31-22-33(47-41-31)27-7-5-6-26(21-27)29-16-17-32(46-4)35(39)34(29)38/h5-17,21-22,30H,18-20H2,1-4H3,(H,40,42)(H,43,44,45). The van der Waals surface area contributed by atoms with E-state index in [1.165, 1.54) is 24.8 Å². The molecule has 2 N–H and O–H groups in total. The molecule has 11 heteroatoms. The van der Waals surface area contributed by atoms with Crippen LogP contribution in [-0.4, -0.2) is 43.4 Å². The minimum Gasteiger partial charge on any atom is -0.494 e. The lowest BCUT2D eigenvalue weighted by Gasteiger charge is -2.21. The molecule has 1 unspecified atom stereocenters. The van der Waals surface area contributed by atoms with Gasteiger partial charge >= 0.3 is 0 Å². The fourth-order valence-electron chi connectivity index (χ4n) is 5.37. The van der Waals surface area contributed by atoms with Gasteiger partial charge < -0.3 is 14.6 Å². The van der Waals surface area contributed by atoms with Crippen LogP contribution in [0, 0.1) is 11.6 Å². The second-order valence-corrected chi connectivity index (χ2v) is 14.1. The minimum atomic E-state index is -4.18. The SMILES string of the molecule is COc1ccc(-c2cccc(-c3cc(C(Cc4ccc(C(=O)NCCS(=O)(=O)O)cc4)c4ccc(C(C)(C)C)cc4)no3)c2)c(F)c1F. The van der Waals surface area contributed by atoms with Gasteiger partial charge in [-0.25, -0.2) is 4.39 Å².